The van der Waals surface area contributed by atoms with E-state index in [1.54, 1.807) is 0 Å². The van der Waals surface area contributed by atoms with Crippen LogP contribution in [0.5, 0.6) is 0 Å². The molecule has 0 aromatic heterocycles. The fourth-order valence-corrected chi connectivity index (χ4v) is 2.10. The fraction of sp³-hybridized carbons (Fsp3) is 0.923. The average Bonchev–Trinajstić information content (AvgIpc) is 2.29. The van der Waals surface area contributed by atoms with Crippen molar-refractivity contribution in [2.24, 2.45) is 9.98 Å². The summed E-state index contributed by atoms with van der Waals surface area (Å²) in [5, 5.41) is 0. The minimum absolute atomic E-state index is 0.447. The minimum Gasteiger partial charge on any atom is -0.222 e. The van der Waals surface area contributed by atoms with E-state index < -0.39 is 0 Å². The number of rotatable bonds is 5. The van der Waals surface area contributed by atoms with Gasteiger partial charge in [0.2, 0.25) is 0 Å². The summed E-state index contributed by atoms with van der Waals surface area (Å²) in [5.74, 6) is 0. The molecule has 0 heterocycles. The zero-order chi connectivity index (χ0) is 10.9. The Kier molecular flexibility index (Phi) is 6.34. The van der Waals surface area contributed by atoms with Crippen molar-refractivity contribution in [2.45, 2.75) is 77.3 Å². The zero-order valence-corrected chi connectivity index (χ0v) is 10.2. The molecule has 0 bridgehead atoms. The van der Waals surface area contributed by atoms with Gasteiger partial charge >= 0.3 is 0 Å². The first-order valence-corrected chi connectivity index (χ1v) is 6.51. The lowest BCUT2D eigenvalue weighted by atomic mass is 9.96. The van der Waals surface area contributed by atoms with Crippen LogP contribution in [-0.4, -0.2) is 18.1 Å². The molecule has 0 N–H and O–H groups in total. The molecule has 0 aromatic carbocycles. The van der Waals surface area contributed by atoms with Gasteiger partial charge in [0.1, 0.15) is 0 Å². The lowest BCUT2D eigenvalue weighted by molar-refractivity contribution is 0.444. The molecule has 15 heavy (non-hydrogen) atoms. The van der Waals surface area contributed by atoms with Crippen LogP contribution in [-0.2, 0) is 0 Å². The molecular weight excluding hydrogens is 184 g/mol. The SMILES string of the molecule is CCCC(CC)N=C=NC1CCCCC1. The van der Waals surface area contributed by atoms with E-state index in [4.69, 9.17) is 0 Å². The van der Waals surface area contributed by atoms with Crippen molar-refractivity contribution < 1.29 is 0 Å². The second-order valence-corrected chi connectivity index (χ2v) is 4.50. The molecule has 86 valence electrons. The molecule has 1 aliphatic carbocycles. The molecule has 0 saturated heterocycles. The van der Waals surface area contributed by atoms with Crippen LogP contribution in [0.4, 0.5) is 0 Å². The monoisotopic (exact) mass is 208 g/mol. The first-order valence-electron chi connectivity index (χ1n) is 6.51. The molecule has 0 aromatic rings. The van der Waals surface area contributed by atoms with Gasteiger partial charge in [-0.1, -0.05) is 39.5 Å². The van der Waals surface area contributed by atoms with E-state index in [2.05, 4.69) is 29.8 Å². The minimum atomic E-state index is 0.447. The van der Waals surface area contributed by atoms with Gasteiger partial charge < -0.3 is 0 Å². The molecule has 0 radical (unpaired) electrons. The number of nitrogens with zero attached hydrogens (tertiary/aromatic N) is 2. The quantitative estimate of drug-likeness (QED) is 0.608. The maximum absolute atomic E-state index is 4.44. The van der Waals surface area contributed by atoms with Gasteiger partial charge in [-0.05, 0) is 25.7 Å². The highest BCUT2D eigenvalue weighted by atomic mass is 14.9. The van der Waals surface area contributed by atoms with Gasteiger partial charge in [0.15, 0.2) is 0 Å². The highest BCUT2D eigenvalue weighted by Gasteiger charge is 2.10. The Balaban J connectivity index is 2.35. The molecule has 1 rings (SSSR count). The molecule has 0 spiro atoms. The maximum Gasteiger partial charge on any atom is 0.0898 e. The van der Waals surface area contributed by atoms with E-state index in [1.807, 2.05) is 0 Å². The predicted octanol–water partition coefficient (Wildman–Crippen LogP) is 4.07. The van der Waals surface area contributed by atoms with Gasteiger partial charge in [0, 0.05) is 0 Å². The van der Waals surface area contributed by atoms with Crippen molar-refractivity contribution in [2.75, 3.05) is 0 Å². The van der Waals surface area contributed by atoms with Gasteiger partial charge in [-0.3, -0.25) is 0 Å². The summed E-state index contributed by atoms with van der Waals surface area (Å²) >= 11 is 0. The van der Waals surface area contributed by atoms with Crippen LogP contribution in [0.15, 0.2) is 9.98 Å². The third kappa shape index (κ3) is 5.13. The van der Waals surface area contributed by atoms with Crippen LogP contribution in [0.3, 0.4) is 0 Å². The Labute approximate surface area is 93.9 Å². The van der Waals surface area contributed by atoms with Crippen LogP contribution in [0.25, 0.3) is 0 Å². The topological polar surface area (TPSA) is 24.7 Å². The summed E-state index contributed by atoms with van der Waals surface area (Å²) in [6, 6.07) is 3.90. The number of aliphatic imine (C=N–C) groups is 2. The van der Waals surface area contributed by atoms with E-state index >= 15 is 0 Å². The summed E-state index contributed by atoms with van der Waals surface area (Å²) in [7, 11) is 0. The molecule has 0 aliphatic heterocycles. The summed E-state index contributed by atoms with van der Waals surface area (Å²) < 4.78 is 0. The van der Waals surface area contributed by atoms with Crippen LogP contribution in [0.2, 0.25) is 0 Å². The summed E-state index contributed by atoms with van der Waals surface area (Å²) in [6.45, 7) is 4.39. The number of hydrogen-bond acceptors (Lipinski definition) is 2. The van der Waals surface area contributed by atoms with Gasteiger partial charge in [-0.15, -0.1) is 0 Å². The first-order chi connectivity index (χ1) is 7.36. The molecule has 1 aliphatic rings. The van der Waals surface area contributed by atoms with Crippen LogP contribution in [0, 0.1) is 0 Å². The Morgan fingerprint density at radius 1 is 1.20 bits per heavy atom. The van der Waals surface area contributed by atoms with Crippen LogP contribution in [0.1, 0.15) is 65.2 Å². The Bertz CT molecular complexity index is 202. The van der Waals surface area contributed by atoms with Crippen molar-refractivity contribution in [3.63, 3.8) is 0 Å². The Hall–Kier alpha value is -0.620. The highest BCUT2D eigenvalue weighted by molar-refractivity contribution is 5.42. The van der Waals surface area contributed by atoms with E-state index in [-0.39, 0.29) is 0 Å². The molecule has 2 heteroatoms. The first kappa shape index (κ1) is 12.4. The highest BCUT2D eigenvalue weighted by Crippen LogP contribution is 2.19. The van der Waals surface area contributed by atoms with Crippen molar-refractivity contribution in [3.05, 3.63) is 0 Å². The lowest BCUT2D eigenvalue weighted by Crippen LogP contribution is -2.09. The van der Waals surface area contributed by atoms with Crippen molar-refractivity contribution in [1.29, 1.82) is 0 Å². The number of hydrogen-bond donors (Lipinski definition) is 0. The second kappa shape index (κ2) is 7.64. The molecule has 2 nitrogen and oxygen atoms in total. The predicted molar refractivity (Wildman–Crippen MR) is 65.7 cm³/mol. The maximum atomic E-state index is 4.44. The third-order valence-corrected chi connectivity index (χ3v) is 3.15. The standard InChI is InChI=1S/C13H24N2/c1-3-8-12(4-2)14-11-15-13-9-6-5-7-10-13/h12-13H,3-10H2,1-2H3. The summed E-state index contributed by atoms with van der Waals surface area (Å²) in [6.07, 6.45) is 10.0. The van der Waals surface area contributed by atoms with Crippen LogP contribution >= 0.6 is 0 Å². The summed E-state index contributed by atoms with van der Waals surface area (Å²) in [4.78, 5) is 8.85. The molecular formula is C13H24N2. The van der Waals surface area contributed by atoms with Crippen molar-refractivity contribution >= 4 is 6.01 Å². The second-order valence-electron chi connectivity index (χ2n) is 4.50. The lowest BCUT2D eigenvalue weighted by Gasteiger charge is -2.15. The van der Waals surface area contributed by atoms with Gasteiger partial charge in [0.05, 0.1) is 18.1 Å². The third-order valence-electron chi connectivity index (χ3n) is 3.15. The van der Waals surface area contributed by atoms with Crippen molar-refractivity contribution in [1.82, 2.24) is 0 Å². The molecule has 1 atom stereocenters. The zero-order valence-electron chi connectivity index (χ0n) is 10.2. The largest absolute Gasteiger partial charge is 0.222 e. The molecule has 0 amide bonds. The smallest absolute Gasteiger partial charge is 0.0898 e. The normalized spacial score (nSPS) is 19.3. The van der Waals surface area contributed by atoms with Gasteiger partial charge in [0.25, 0.3) is 0 Å². The molecule has 1 fully saturated rings. The molecule has 1 saturated carbocycles. The Morgan fingerprint density at radius 3 is 2.53 bits per heavy atom. The fourth-order valence-electron chi connectivity index (χ4n) is 2.10. The van der Waals surface area contributed by atoms with E-state index in [9.17, 15) is 0 Å². The van der Waals surface area contributed by atoms with E-state index in [1.165, 1.54) is 44.9 Å². The molecule has 1 unspecified atom stereocenters. The van der Waals surface area contributed by atoms with Crippen LogP contribution < -0.4 is 0 Å². The summed E-state index contributed by atoms with van der Waals surface area (Å²) in [5.41, 5.74) is 0. The average molecular weight is 208 g/mol. The van der Waals surface area contributed by atoms with Gasteiger partial charge in [-0.25, -0.2) is 9.98 Å². The Morgan fingerprint density at radius 2 is 1.93 bits per heavy atom. The van der Waals surface area contributed by atoms with E-state index in [0.717, 1.165) is 6.42 Å². The van der Waals surface area contributed by atoms with E-state index in [0.29, 0.717) is 12.1 Å². The van der Waals surface area contributed by atoms with Gasteiger partial charge in [-0.2, -0.15) is 0 Å². The van der Waals surface area contributed by atoms with Crippen molar-refractivity contribution in [3.8, 4) is 0 Å².